The van der Waals surface area contributed by atoms with Crippen LogP contribution >= 0.6 is 11.8 Å². The molecule has 0 aromatic heterocycles. The van der Waals surface area contributed by atoms with Gasteiger partial charge in [-0.05, 0) is 43.3 Å². The van der Waals surface area contributed by atoms with Crippen molar-refractivity contribution in [2.45, 2.75) is 17.4 Å². The Hall–Kier alpha value is -3.24. The molecule has 2 saturated heterocycles. The third-order valence-electron chi connectivity index (χ3n) is 6.15. The van der Waals surface area contributed by atoms with E-state index in [9.17, 15) is 14.4 Å². The van der Waals surface area contributed by atoms with E-state index < -0.39 is 11.6 Å². The van der Waals surface area contributed by atoms with Gasteiger partial charge < -0.3 is 19.7 Å². The van der Waals surface area contributed by atoms with Crippen molar-refractivity contribution in [3.63, 3.8) is 0 Å². The number of thioether (sulfide) groups is 1. The maximum Gasteiger partial charge on any atom is 0.322 e. The summed E-state index contributed by atoms with van der Waals surface area (Å²) in [6, 6.07) is 14.4. The fraction of sp³-hybridized carbons (Fsp3) is 0.400. The van der Waals surface area contributed by atoms with Gasteiger partial charge in [0, 0.05) is 43.4 Å². The van der Waals surface area contributed by atoms with Crippen molar-refractivity contribution < 1.29 is 23.9 Å². The lowest BCUT2D eigenvalue weighted by Crippen LogP contribution is -2.49. The molecule has 186 valence electrons. The fourth-order valence-corrected chi connectivity index (χ4v) is 5.12. The first kappa shape index (κ1) is 24.9. The van der Waals surface area contributed by atoms with Gasteiger partial charge >= 0.3 is 6.03 Å². The number of hydrogen-bond acceptors (Lipinski definition) is 7. The number of benzene rings is 2. The number of carbonyl (C=O) groups excluding carboxylic acids is 3. The van der Waals surface area contributed by atoms with Crippen LogP contribution in [0.4, 0.5) is 4.79 Å². The van der Waals surface area contributed by atoms with E-state index >= 15 is 0 Å². The lowest BCUT2D eigenvalue weighted by Gasteiger charge is -2.35. The molecule has 2 aromatic carbocycles. The van der Waals surface area contributed by atoms with Crippen LogP contribution in [0.5, 0.6) is 11.5 Å². The Morgan fingerprint density at radius 1 is 1.03 bits per heavy atom. The zero-order valence-electron chi connectivity index (χ0n) is 19.9. The summed E-state index contributed by atoms with van der Waals surface area (Å²) in [4.78, 5) is 41.9. The maximum absolute atomic E-state index is 13.3. The van der Waals surface area contributed by atoms with E-state index in [1.165, 1.54) is 11.8 Å². The van der Waals surface area contributed by atoms with Crippen LogP contribution in [-0.4, -0.2) is 85.4 Å². The van der Waals surface area contributed by atoms with Crippen LogP contribution in [0.2, 0.25) is 0 Å². The van der Waals surface area contributed by atoms with Gasteiger partial charge in [-0.2, -0.15) is 0 Å². The van der Waals surface area contributed by atoms with Crippen LogP contribution in [-0.2, 0) is 4.79 Å². The van der Waals surface area contributed by atoms with Crippen LogP contribution in [0, 0.1) is 0 Å². The Morgan fingerprint density at radius 3 is 2.37 bits per heavy atom. The molecular formula is C25H30N4O5S. The Bertz CT molecular complexity index is 1070. The molecule has 0 bridgehead atoms. The summed E-state index contributed by atoms with van der Waals surface area (Å²) >= 11 is 1.40. The summed E-state index contributed by atoms with van der Waals surface area (Å²) in [5.41, 5.74) is -0.389. The van der Waals surface area contributed by atoms with Gasteiger partial charge in [0.1, 0.15) is 23.6 Å². The van der Waals surface area contributed by atoms with Gasteiger partial charge in [-0.15, -0.1) is 11.8 Å². The Kier molecular flexibility index (Phi) is 7.82. The fourth-order valence-electron chi connectivity index (χ4n) is 3.98. The number of carbonyl (C=O) groups is 3. The predicted octanol–water partition coefficient (Wildman–Crippen LogP) is 2.22. The van der Waals surface area contributed by atoms with E-state index in [1.54, 1.807) is 14.0 Å². The summed E-state index contributed by atoms with van der Waals surface area (Å²) in [5, 5.41) is 4.93. The first-order valence-corrected chi connectivity index (χ1v) is 12.5. The molecule has 1 atom stereocenters. The van der Waals surface area contributed by atoms with Gasteiger partial charge in [0.05, 0.1) is 12.7 Å². The van der Waals surface area contributed by atoms with Gasteiger partial charge in [-0.3, -0.25) is 19.8 Å². The second-order valence-corrected chi connectivity index (χ2v) is 9.70. The van der Waals surface area contributed by atoms with Crippen molar-refractivity contribution in [2.24, 2.45) is 0 Å². The average Bonchev–Trinajstić information content (AvgIpc) is 3.14. The van der Waals surface area contributed by atoms with Gasteiger partial charge in [0.2, 0.25) is 0 Å². The van der Waals surface area contributed by atoms with Crippen LogP contribution in [0.25, 0.3) is 0 Å². The molecule has 0 radical (unpaired) electrons. The number of ether oxygens (including phenoxy) is 2. The molecule has 2 fully saturated rings. The quantitative estimate of drug-likeness (QED) is 0.404. The molecule has 2 N–H and O–H groups in total. The minimum Gasteiger partial charge on any atom is -0.497 e. The molecule has 2 aliphatic heterocycles. The molecule has 4 amide bonds. The number of nitrogens with one attached hydrogen (secondary N) is 2. The second-order valence-electron chi connectivity index (χ2n) is 8.68. The zero-order valence-corrected chi connectivity index (χ0v) is 20.7. The molecule has 0 spiro atoms. The molecule has 1 unspecified atom stereocenters. The van der Waals surface area contributed by atoms with Crippen molar-refractivity contribution in [1.82, 2.24) is 20.4 Å². The Labute approximate surface area is 209 Å². The SMILES string of the molecule is COc1ccc(OCCN2CCN(C(=O)c3ccccc3SCC3(C)NC(=O)NC3=O)CC2)cc1. The third kappa shape index (κ3) is 6.07. The summed E-state index contributed by atoms with van der Waals surface area (Å²) < 4.78 is 11.0. The van der Waals surface area contributed by atoms with Gasteiger partial charge in [-0.25, -0.2) is 4.79 Å². The van der Waals surface area contributed by atoms with E-state index in [2.05, 4.69) is 15.5 Å². The van der Waals surface area contributed by atoms with Crippen molar-refractivity contribution >= 4 is 29.6 Å². The molecule has 10 heteroatoms. The molecule has 0 saturated carbocycles. The average molecular weight is 499 g/mol. The highest BCUT2D eigenvalue weighted by Crippen LogP contribution is 2.28. The maximum atomic E-state index is 13.3. The minimum absolute atomic E-state index is 0.0210. The van der Waals surface area contributed by atoms with Crippen molar-refractivity contribution in [3.05, 3.63) is 54.1 Å². The molecule has 2 heterocycles. The number of nitrogens with zero attached hydrogens (tertiary/aromatic N) is 2. The summed E-state index contributed by atoms with van der Waals surface area (Å²) in [6.45, 7) is 5.86. The van der Waals surface area contributed by atoms with E-state index in [0.29, 0.717) is 31.0 Å². The van der Waals surface area contributed by atoms with Crippen molar-refractivity contribution in [1.29, 1.82) is 0 Å². The molecule has 2 aliphatic rings. The monoisotopic (exact) mass is 498 g/mol. The number of imide groups is 1. The lowest BCUT2D eigenvalue weighted by atomic mass is 10.1. The largest absolute Gasteiger partial charge is 0.497 e. The van der Waals surface area contributed by atoms with Gasteiger partial charge in [-0.1, -0.05) is 12.1 Å². The van der Waals surface area contributed by atoms with Crippen LogP contribution in [0.15, 0.2) is 53.4 Å². The first-order valence-electron chi connectivity index (χ1n) is 11.5. The number of hydrogen-bond donors (Lipinski definition) is 2. The van der Waals surface area contributed by atoms with Crippen LogP contribution in [0.3, 0.4) is 0 Å². The van der Waals surface area contributed by atoms with Gasteiger partial charge in [0.25, 0.3) is 11.8 Å². The number of urea groups is 1. The number of methoxy groups -OCH3 is 1. The number of rotatable bonds is 9. The molecule has 2 aromatic rings. The first-order chi connectivity index (χ1) is 16.9. The molecule has 4 rings (SSSR count). The van der Waals surface area contributed by atoms with E-state index in [0.717, 1.165) is 36.0 Å². The standard InChI is InChI=1S/C25H30N4O5S/c1-25(23(31)26-24(32)27-25)17-35-21-6-4-3-5-20(21)22(30)29-13-11-28(12-14-29)15-16-34-19-9-7-18(33-2)8-10-19/h3-10H,11-17H2,1-2H3,(H2,26,27,31,32). The lowest BCUT2D eigenvalue weighted by molar-refractivity contribution is -0.122. The topological polar surface area (TPSA) is 100 Å². The smallest absolute Gasteiger partial charge is 0.322 e. The zero-order chi connectivity index (χ0) is 24.8. The minimum atomic E-state index is -1.00. The van der Waals surface area contributed by atoms with Crippen molar-refractivity contribution in [2.75, 3.05) is 52.2 Å². The normalized spacial score (nSPS) is 20.3. The summed E-state index contributed by atoms with van der Waals surface area (Å²) in [6.07, 6.45) is 0. The summed E-state index contributed by atoms with van der Waals surface area (Å²) in [5.74, 6) is 1.55. The molecule has 0 aliphatic carbocycles. The highest BCUT2D eigenvalue weighted by atomic mass is 32.2. The number of amides is 4. The second kappa shape index (κ2) is 11.0. The van der Waals surface area contributed by atoms with E-state index in [1.807, 2.05) is 53.4 Å². The van der Waals surface area contributed by atoms with E-state index in [-0.39, 0.29) is 11.8 Å². The van der Waals surface area contributed by atoms with Gasteiger partial charge in [0.15, 0.2) is 0 Å². The molecule has 35 heavy (non-hydrogen) atoms. The molecular weight excluding hydrogens is 468 g/mol. The highest BCUT2D eigenvalue weighted by molar-refractivity contribution is 7.99. The van der Waals surface area contributed by atoms with E-state index in [4.69, 9.17) is 9.47 Å². The van der Waals surface area contributed by atoms with Crippen molar-refractivity contribution in [3.8, 4) is 11.5 Å². The predicted molar refractivity (Wildman–Crippen MR) is 133 cm³/mol. The van der Waals surface area contributed by atoms with Crippen LogP contribution in [0.1, 0.15) is 17.3 Å². The third-order valence-corrected chi connectivity index (χ3v) is 7.54. The summed E-state index contributed by atoms with van der Waals surface area (Å²) in [7, 11) is 1.63. The Balaban J connectivity index is 1.27. The number of piperazine rings is 1. The molecule has 9 nitrogen and oxygen atoms in total. The Morgan fingerprint density at radius 2 is 1.71 bits per heavy atom. The highest BCUT2D eigenvalue weighted by Gasteiger charge is 2.42. The van der Waals surface area contributed by atoms with Crippen LogP contribution < -0.4 is 20.1 Å².